The number of hydrogen-bond donors (Lipinski definition) is 2. The zero-order valence-corrected chi connectivity index (χ0v) is 35.2. The third-order valence-corrected chi connectivity index (χ3v) is 12.1. The molecule has 2 amide bonds. The number of phenolic OH excluding ortho intramolecular Hbond substituents is 2. The minimum Gasteiger partial charge on any atom is -0.506 e. The van der Waals surface area contributed by atoms with Gasteiger partial charge in [-0.15, -0.1) is 0 Å². The number of benzene rings is 2. The lowest BCUT2D eigenvalue weighted by atomic mass is 10.0. The second-order valence-electron chi connectivity index (χ2n) is 16.0. The number of ether oxygens (including phenoxy) is 1. The Kier molecular flexibility index (Phi) is 20.5. The van der Waals surface area contributed by atoms with E-state index in [-0.39, 0.29) is 33.4 Å². The van der Waals surface area contributed by atoms with Gasteiger partial charge in [-0.3, -0.25) is 9.59 Å². The largest absolute Gasteiger partial charge is 0.506 e. The molecule has 2 heterocycles. The number of phenols is 2. The van der Waals surface area contributed by atoms with Gasteiger partial charge in [-0.05, 0) is 101 Å². The topological polar surface area (TPSA) is 96.8 Å². The maximum Gasteiger partial charge on any atom is 0.253 e. The molecule has 2 N–H and O–H groups in total. The van der Waals surface area contributed by atoms with E-state index in [1.807, 2.05) is 14.1 Å². The van der Waals surface area contributed by atoms with Gasteiger partial charge in [0.25, 0.3) is 11.8 Å². The SMILES string of the molecule is CN(CCCCCCCCCN1CCC(OC2CCN(CCCCCCCCCN(C)C(=O)c3ccc(O)c(Cl)c3)CC2)CC1)C(=O)c1ccc(O)c(Cl)c1. The number of unbranched alkanes of at least 4 members (excludes halogenated alkanes) is 12. The minimum atomic E-state index is -0.0605. The van der Waals surface area contributed by atoms with Crippen LogP contribution in [0.25, 0.3) is 0 Å². The molecule has 2 aliphatic rings. The fourth-order valence-electron chi connectivity index (χ4n) is 7.87. The van der Waals surface area contributed by atoms with E-state index in [0.717, 1.165) is 38.8 Å². The lowest BCUT2D eigenvalue weighted by Gasteiger charge is -2.37. The average Bonchev–Trinajstić information content (AvgIpc) is 3.19. The van der Waals surface area contributed by atoms with Crippen LogP contribution in [0.4, 0.5) is 0 Å². The number of carbonyl (C=O) groups excluding carboxylic acids is 2. The second-order valence-corrected chi connectivity index (χ2v) is 16.8. The van der Waals surface area contributed by atoms with Crippen molar-refractivity contribution < 1.29 is 24.5 Å². The molecule has 2 aliphatic heterocycles. The molecule has 4 rings (SSSR count). The quantitative estimate of drug-likeness (QED) is 0.102. The lowest BCUT2D eigenvalue weighted by Crippen LogP contribution is -2.42. The van der Waals surface area contributed by atoms with E-state index in [1.54, 1.807) is 21.9 Å². The maximum atomic E-state index is 12.6. The van der Waals surface area contributed by atoms with Crippen LogP contribution in [0.2, 0.25) is 10.0 Å². The second kappa shape index (κ2) is 24.9. The first-order valence-corrected chi connectivity index (χ1v) is 21.9. The molecule has 9 nitrogen and oxygen atoms in total. The Hall–Kier alpha value is -2.56. The van der Waals surface area contributed by atoms with E-state index >= 15 is 0 Å². The minimum absolute atomic E-state index is 0.00421. The Balaban J connectivity index is 0.902. The molecule has 0 saturated carbocycles. The number of likely N-dealkylation sites (tertiary alicyclic amines) is 2. The Bertz CT molecular complexity index is 1330. The van der Waals surface area contributed by atoms with Gasteiger partial charge in [0.2, 0.25) is 0 Å². The molecular weight excluding hydrogens is 735 g/mol. The normalized spacial score (nSPS) is 16.1. The van der Waals surface area contributed by atoms with E-state index in [2.05, 4.69) is 9.80 Å². The zero-order chi connectivity index (χ0) is 39.4. The molecule has 0 spiro atoms. The van der Waals surface area contributed by atoms with Crippen LogP contribution in [-0.2, 0) is 4.74 Å². The van der Waals surface area contributed by atoms with Crippen LogP contribution in [0.1, 0.15) is 136 Å². The van der Waals surface area contributed by atoms with Gasteiger partial charge in [-0.2, -0.15) is 0 Å². The van der Waals surface area contributed by atoms with Crippen molar-refractivity contribution in [1.82, 2.24) is 19.6 Å². The van der Waals surface area contributed by atoms with E-state index in [9.17, 15) is 19.8 Å². The highest BCUT2D eigenvalue weighted by molar-refractivity contribution is 6.32. The number of piperidine rings is 2. The molecule has 2 saturated heterocycles. The van der Waals surface area contributed by atoms with Gasteiger partial charge in [-0.25, -0.2) is 0 Å². The van der Waals surface area contributed by atoms with Crippen molar-refractivity contribution in [3.8, 4) is 11.5 Å². The summed E-state index contributed by atoms with van der Waals surface area (Å²) in [5.41, 5.74) is 1.02. The van der Waals surface area contributed by atoms with E-state index in [4.69, 9.17) is 27.9 Å². The summed E-state index contributed by atoms with van der Waals surface area (Å²) >= 11 is 11.9. The van der Waals surface area contributed by atoms with Gasteiger partial charge in [0.1, 0.15) is 11.5 Å². The third kappa shape index (κ3) is 16.4. The van der Waals surface area contributed by atoms with E-state index in [0.29, 0.717) is 23.3 Å². The van der Waals surface area contributed by atoms with Gasteiger partial charge >= 0.3 is 0 Å². The van der Waals surface area contributed by atoms with Crippen LogP contribution in [0.3, 0.4) is 0 Å². The molecule has 0 atom stereocenters. The predicted octanol–water partition coefficient (Wildman–Crippen LogP) is 9.66. The summed E-state index contributed by atoms with van der Waals surface area (Å²) in [5.74, 6) is -0.129. The van der Waals surface area contributed by atoms with E-state index in [1.165, 1.54) is 153 Å². The Labute approximate surface area is 341 Å². The number of amides is 2. The van der Waals surface area contributed by atoms with Crippen LogP contribution in [0.15, 0.2) is 36.4 Å². The monoisotopic (exact) mass is 802 g/mol. The highest BCUT2D eigenvalue weighted by atomic mass is 35.5. The van der Waals surface area contributed by atoms with Crippen LogP contribution in [-0.4, -0.2) is 120 Å². The number of halogens is 2. The summed E-state index contributed by atoms with van der Waals surface area (Å²) < 4.78 is 6.60. The first-order chi connectivity index (χ1) is 26.6. The summed E-state index contributed by atoms with van der Waals surface area (Å²) in [6.45, 7) is 8.54. The van der Waals surface area contributed by atoms with Gasteiger partial charge in [0.15, 0.2) is 0 Å². The number of nitrogens with zero attached hydrogens (tertiary/aromatic N) is 4. The molecule has 0 bridgehead atoms. The summed E-state index contributed by atoms with van der Waals surface area (Å²) in [7, 11) is 3.65. The number of rotatable bonds is 24. The molecule has 2 aromatic rings. The van der Waals surface area contributed by atoms with Crippen molar-refractivity contribution in [3.05, 3.63) is 57.6 Å². The van der Waals surface area contributed by atoms with Crippen molar-refractivity contribution in [2.75, 3.05) is 66.5 Å². The molecule has 2 fully saturated rings. The van der Waals surface area contributed by atoms with Gasteiger partial charge in [-0.1, -0.05) is 87.4 Å². The van der Waals surface area contributed by atoms with Crippen molar-refractivity contribution >= 4 is 35.0 Å². The molecule has 0 unspecified atom stereocenters. The predicted molar refractivity (Wildman–Crippen MR) is 225 cm³/mol. The Morgan fingerprint density at radius 1 is 0.582 bits per heavy atom. The number of aromatic hydroxyl groups is 2. The summed E-state index contributed by atoms with van der Waals surface area (Å²) in [4.78, 5) is 33.9. The Morgan fingerprint density at radius 3 is 1.25 bits per heavy atom. The van der Waals surface area contributed by atoms with Crippen molar-refractivity contribution in [1.29, 1.82) is 0 Å². The van der Waals surface area contributed by atoms with Crippen molar-refractivity contribution in [2.45, 2.75) is 128 Å². The van der Waals surface area contributed by atoms with Crippen LogP contribution in [0, 0.1) is 0 Å². The zero-order valence-electron chi connectivity index (χ0n) is 33.7. The first kappa shape index (κ1) is 45.1. The third-order valence-electron chi connectivity index (χ3n) is 11.5. The smallest absolute Gasteiger partial charge is 0.253 e. The highest BCUT2D eigenvalue weighted by Gasteiger charge is 2.25. The standard InChI is InChI=1S/C44H68Cl2N4O5/c1-47(43(53)35-17-19-41(51)39(45)33-35)25-13-9-5-3-7-11-15-27-49-29-21-37(22-30-49)55-38-23-31-50(32-24-38)28-16-12-8-4-6-10-14-26-48(2)44(54)36-18-20-42(52)40(46)34-36/h17-20,33-34,37-38,51-52H,3-16,21-32H2,1-2H3. The molecule has 0 aromatic heterocycles. The fraction of sp³-hybridized carbons (Fsp3) is 0.682. The van der Waals surface area contributed by atoms with E-state index < -0.39 is 0 Å². The van der Waals surface area contributed by atoms with Crippen molar-refractivity contribution in [3.63, 3.8) is 0 Å². The molecule has 308 valence electrons. The summed E-state index contributed by atoms with van der Waals surface area (Å²) in [6.07, 6.45) is 22.4. The maximum absolute atomic E-state index is 12.6. The first-order valence-electron chi connectivity index (χ1n) is 21.2. The molecule has 0 aliphatic carbocycles. The lowest BCUT2D eigenvalue weighted by molar-refractivity contribution is -0.0650. The number of carbonyl (C=O) groups is 2. The Morgan fingerprint density at radius 2 is 0.909 bits per heavy atom. The molecule has 55 heavy (non-hydrogen) atoms. The highest BCUT2D eigenvalue weighted by Crippen LogP contribution is 2.26. The average molecular weight is 804 g/mol. The van der Waals surface area contributed by atoms with Gasteiger partial charge in [0.05, 0.1) is 22.3 Å². The molecule has 2 aromatic carbocycles. The molecular formula is C44H68Cl2N4O5. The van der Waals surface area contributed by atoms with Crippen LogP contribution >= 0.6 is 23.2 Å². The van der Waals surface area contributed by atoms with Crippen LogP contribution in [0.5, 0.6) is 11.5 Å². The molecule has 11 heteroatoms. The summed E-state index contributed by atoms with van der Waals surface area (Å²) in [5, 5.41) is 19.6. The van der Waals surface area contributed by atoms with Gasteiger partial charge in [0, 0.05) is 64.5 Å². The molecule has 0 radical (unpaired) electrons. The summed E-state index contributed by atoms with van der Waals surface area (Å²) in [6, 6.07) is 9.23. The van der Waals surface area contributed by atoms with Gasteiger partial charge < -0.3 is 34.5 Å². The fourth-order valence-corrected chi connectivity index (χ4v) is 8.23. The number of hydrogen-bond acceptors (Lipinski definition) is 7. The van der Waals surface area contributed by atoms with Crippen molar-refractivity contribution in [2.24, 2.45) is 0 Å². The van der Waals surface area contributed by atoms with Crippen LogP contribution < -0.4 is 0 Å².